The molecule has 0 atom stereocenters. The molecule has 0 saturated heterocycles. The molecule has 0 aromatic heterocycles. The van der Waals surface area contributed by atoms with Crippen molar-refractivity contribution in [1.29, 1.82) is 0 Å². The number of non-ortho nitro benzene ring substituents is 1. The first-order valence-corrected chi connectivity index (χ1v) is 14.2. The Bertz CT molecular complexity index is 1190. The standard InChI is InChI=1S/C22H28Cl2N6O5S2/c23-8-13-29(14-9-24)20-6-3-17(30(32)33)15-19(20)21(31)26-11-12-28-22(36)27-10-7-16-1-4-18(5-2-16)37(25,34)35/h1-6,15H,7-14H2,(H,26,31)(H2,25,34,35)(H2,27,28,36). The lowest BCUT2D eigenvalue weighted by molar-refractivity contribution is -0.384. The molecular formula is C22H28Cl2N6O5S2. The topological polar surface area (TPSA) is 160 Å². The number of sulfonamides is 1. The molecule has 2 aromatic rings. The van der Waals surface area contributed by atoms with Crippen LogP contribution in [0.1, 0.15) is 15.9 Å². The van der Waals surface area contributed by atoms with E-state index in [1.54, 1.807) is 17.0 Å². The Labute approximate surface area is 230 Å². The summed E-state index contributed by atoms with van der Waals surface area (Å²) in [6.45, 7) is 1.87. The summed E-state index contributed by atoms with van der Waals surface area (Å²) in [6, 6.07) is 10.3. The second-order valence-corrected chi connectivity index (χ2v) is 10.4. The highest BCUT2D eigenvalue weighted by atomic mass is 35.5. The van der Waals surface area contributed by atoms with E-state index in [-0.39, 0.29) is 22.7 Å². The van der Waals surface area contributed by atoms with Crippen LogP contribution in [0, 0.1) is 10.1 Å². The van der Waals surface area contributed by atoms with Crippen molar-refractivity contribution in [2.75, 3.05) is 49.4 Å². The Balaban J connectivity index is 1.86. The van der Waals surface area contributed by atoms with E-state index in [9.17, 15) is 23.3 Å². The first kappa shape index (κ1) is 30.5. The third kappa shape index (κ3) is 9.93. The molecule has 0 saturated carbocycles. The number of halogens is 2. The minimum absolute atomic E-state index is 0.0477. The van der Waals surface area contributed by atoms with Crippen molar-refractivity contribution < 1.29 is 18.1 Å². The number of nitrogens with two attached hydrogens (primary N) is 1. The molecule has 202 valence electrons. The zero-order chi connectivity index (χ0) is 27.4. The first-order valence-electron chi connectivity index (χ1n) is 11.1. The van der Waals surface area contributed by atoms with Crippen molar-refractivity contribution in [1.82, 2.24) is 16.0 Å². The van der Waals surface area contributed by atoms with Gasteiger partial charge in [-0.15, -0.1) is 23.2 Å². The lowest BCUT2D eigenvalue weighted by atomic mass is 10.1. The molecule has 0 radical (unpaired) electrons. The highest BCUT2D eigenvalue weighted by Crippen LogP contribution is 2.26. The van der Waals surface area contributed by atoms with Gasteiger partial charge in [0.25, 0.3) is 11.6 Å². The summed E-state index contributed by atoms with van der Waals surface area (Å²) < 4.78 is 22.6. The number of benzene rings is 2. The van der Waals surface area contributed by atoms with E-state index in [0.717, 1.165) is 5.56 Å². The average Bonchev–Trinajstić information content (AvgIpc) is 2.85. The number of hydrogen-bond donors (Lipinski definition) is 4. The first-order chi connectivity index (χ1) is 17.6. The van der Waals surface area contributed by atoms with Crippen LogP contribution in [0.5, 0.6) is 0 Å². The van der Waals surface area contributed by atoms with Gasteiger partial charge in [0, 0.05) is 56.6 Å². The van der Waals surface area contributed by atoms with E-state index in [4.69, 9.17) is 40.6 Å². The molecule has 37 heavy (non-hydrogen) atoms. The molecule has 0 fully saturated rings. The Hall–Kier alpha value is -2.71. The van der Waals surface area contributed by atoms with Gasteiger partial charge in [0.1, 0.15) is 0 Å². The van der Waals surface area contributed by atoms with Crippen molar-refractivity contribution in [3.63, 3.8) is 0 Å². The van der Waals surface area contributed by atoms with Gasteiger partial charge in [-0.2, -0.15) is 0 Å². The number of thiocarbonyl (C=S) groups is 1. The summed E-state index contributed by atoms with van der Waals surface area (Å²) >= 11 is 17.0. The molecule has 1 amide bonds. The van der Waals surface area contributed by atoms with Gasteiger partial charge >= 0.3 is 0 Å². The van der Waals surface area contributed by atoms with E-state index in [0.29, 0.717) is 55.2 Å². The fourth-order valence-electron chi connectivity index (χ4n) is 3.33. The number of primary sulfonamides is 1. The lowest BCUT2D eigenvalue weighted by Crippen LogP contribution is -2.41. The summed E-state index contributed by atoms with van der Waals surface area (Å²) in [5.41, 5.74) is 1.36. The Morgan fingerprint density at radius 1 is 1.00 bits per heavy atom. The van der Waals surface area contributed by atoms with Crippen molar-refractivity contribution >= 4 is 67.8 Å². The third-order valence-corrected chi connectivity index (χ3v) is 6.69. The highest BCUT2D eigenvalue weighted by molar-refractivity contribution is 7.89. The van der Waals surface area contributed by atoms with Crippen LogP contribution in [0.15, 0.2) is 47.4 Å². The molecule has 0 heterocycles. The summed E-state index contributed by atoms with van der Waals surface area (Å²) in [6.07, 6.45) is 0.597. The van der Waals surface area contributed by atoms with Gasteiger partial charge < -0.3 is 20.9 Å². The van der Waals surface area contributed by atoms with E-state index < -0.39 is 20.9 Å². The number of rotatable bonds is 14. The number of carbonyl (C=O) groups excluding carboxylic acids is 1. The number of carbonyl (C=O) groups is 1. The molecule has 0 aliphatic carbocycles. The number of anilines is 1. The number of hydrogen-bond acceptors (Lipinski definition) is 7. The number of alkyl halides is 2. The molecule has 0 unspecified atom stereocenters. The summed E-state index contributed by atoms with van der Waals surface area (Å²) in [5.74, 6) is 0.116. The zero-order valence-corrected chi connectivity index (χ0v) is 22.9. The van der Waals surface area contributed by atoms with Gasteiger partial charge in [-0.3, -0.25) is 14.9 Å². The number of amides is 1. The summed E-state index contributed by atoms with van der Waals surface area (Å²) in [7, 11) is -3.73. The minimum atomic E-state index is -3.73. The number of nitro benzene ring substituents is 1. The van der Waals surface area contributed by atoms with Gasteiger partial charge in [-0.05, 0) is 42.4 Å². The highest BCUT2D eigenvalue weighted by Gasteiger charge is 2.20. The quantitative estimate of drug-likeness (QED) is 0.0847. The summed E-state index contributed by atoms with van der Waals surface area (Å²) in [4.78, 5) is 25.4. The molecule has 0 aliphatic rings. The third-order valence-electron chi connectivity index (χ3n) is 5.13. The van der Waals surface area contributed by atoms with Crippen LogP contribution < -0.4 is 26.0 Å². The van der Waals surface area contributed by atoms with Crippen LogP contribution in [0.4, 0.5) is 11.4 Å². The van der Waals surface area contributed by atoms with E-state index in [1.807, 2.05) is 0 Å². The lowest BCUT2D eigenvalue weighted by Gasteiger charge is -2.25. The fraction of sp³-hybridized carbons (Fsp3) is 0.364. The van der Waals surface area contributed by atoms with Crippen LogP contribution in [-0.2, 0) is 16.4 Å². The molecule has 2 rings (SSSR count). The molecular weight excluding hydrogens is 563 g/mol. The predicted octanol–water partition coefficient (Wildman–Crippen LogP) is 1.96. The smallest absolute Gasteiger partial charge is 0.270 e. The van der Waals surface area contributed by atoms with Crippen LogP contribution in [-0.4, -0.2) is 68.8 Å². The zero-order valence-electron chi connectivity index (χ0n) is 19.8. The summed E-state index contributed by atoms with van der Waals surface area (Å²) in [5, 5.41) is 25.4. The largest absolute Gasteiger partial charge is 0.368 e. The maximum Gasteiger partial charge on any atom is 0.270 e. The molecule has 0 aliphatic heterocycles. The normalized spacial score (nSPS) is 11.0. The second kappa shape index (κ2) is 14.9. The fourth-order valence-corrected chi connectivity index (χ4v) is 4.46. The molecule has 15 heteroatoms. The van der Waals surface area contributed by atoms with Crippen LogP contribution in [0.3, 0.4) is 0 Å². The number of nitro groups is 1. The van der Waals surface area contributed by atoms with Crippen LogP contribution >= 0.6 is 35.4 Å². The Morgan fingerprint density at radius 2 is 1.59 bits per heavy atom. The Morgan fingerprint density at radius 3 is 2.16 bits per heavy atom. The maximum absolute atomic E-state index is 12.9. The Kier molecular flexibility index (Phi) is 12.3. The minimum Gasteiger partial charge on any atom is -0.368 e. The average molecular weight is 592 g/mol. The van der Waals surface area contributed by atoms with E-state index in [2.05, 4.69) is 16.0 Å². The molecule has 0 spiro atoms. The monoisotopic (exact) mass is 590 g/mol. The van der Waals surface area contributed by atoms with E-state index in [1.165, 1.54) is 30.3 Å². The number of nitrogens with one attached hydrogen (secondary N) is 3. The predicted molar refractivity (Wildman–Crippen MR) is 149 cm³/mol. The van der Waals surface area contributed by atoms with Gasteiger partial charge in [-0.25, -0.2) is 13.6 Å². The molecule has 2 aromatic carbocycles. The molecule has 11 nitrogen and oxygen atoms in total. The van der Waals surface area contributed by atoms with Crippen LogP contribution in [0.2, 0.25) is 0 Å². The van der Waals surface area contributed by atoms with Crippen LogP contribution in [0.25, 0.3) is 0 Å². The van der Waals surface area contributed by atoms with Gasteiger partial charge in [0.05, 0.1) is 21.1 Å². The molecule has 0 bridgehead atoms. The SMILES string of the molecule is NS(=O)(=O)c1ccc(CCNC(=S)NCCNC(=O)c2cc([N+](=O)[O-])ccc2N(CCCl)CCCl)cc1. The van der Waals surface area contributed by atoms with Crippen molar-refractivity contribution in [3.8, 4) is 0 Å². The van der Waals surface area contributed by atoms with Crippen molar-refractivity contribution in [2.45, 2.75) is 11.3 Å². The van der Waals surface area contributed by atoms with Gasteiger partial charge in [-0.1, -0.05) is 12.1 Å². The molecule has 5 N–H and O–H groups in total. The van der Waals surface area contributed by atoms with Gasteiger partial charge in [0.2, 0.25) is 10.0 Å². The van der Waals surface area contributed by atoms with Crippen molar-refractivity contribution in [2.24, 2.45) is 5.14 Å². The number of nitrogens with zero attached hydrogens (tertiary/aromatic N) is 2. The van der Waals surface area contributed by atoms with Gasteiger partial charge in [0.15, 0.2) is 5.11 Å². The van der Waals surface area contributed by atoms with Crippen molar-refractivity contribution in [3.05, 3.63) is 63.7 Å². The maximum atomic E-state index is 12.9. The van der Waals surface area contributed by atoms with E-state index >= 15 is 0 Å². The second-order valence-electron chi connectivity index (χ2n) is 7.70.